The van der Waals surface area contributed by atoms with E-state index in [-0.39, 0.29) is 23.1 Å². The van der Waals surface area contributed by atoms with Gasteiger partial charge in [0.2, 0.25) is 5.76 Å². The highest BCUT2D eigenvalue weighted by Gasteiger charge is 2.45. The predicted molar refractivity (Wildman–Crippen MR) is 105 cm³/mol. The number of piperidine rings is 1. The monoisotopic (exact) mass is 374 g/mol. The number of pyridine rings is 1. The summed E-state index contributed by atoms with van der Waals surface area (Å²) in [4.78, 5) is 19.2. The number of carbonyl (C=O) groups is 1. The van der Waals surface area contributed by atoms with E-state index in [9.17, 15) is 4.79 Å². The van der Waals surface area contributed by atoms with E-state index >= 15 is 0 Å². The summed E-state index contributed by atoms with van der Waals surface area (Å²) in [6.07, 6.45) is 8.28. The number of nitrogens with one attached hydrogen (secondary N) is 1. The molecule has 3 heterocycles. The molecule has 1 saturated heterocycles. The Morgan fingerprint density at radius 1 is 1.11 bits per heavy atom. The molecule has 1 aromatic carbocycles. The Hall–Kier alpha value is -3.15. The van der Waals surface area contributed by atoms with Crippen LogP contribution in [0, 0.1) is 0 Å². The van der Waals surface area contributed by atoms with Gasteiger partial charge in [0.1, 0.15) is 0 Å². The average Bonchev–Trinajstić information content (AvgIpc) is 3.38. The number of aromatic nitrogens is 2. The first kappa shape index (κ1) is 17.0. The third kappa shape index (κ3) is 2.85. The van der Waals surface area contributed by atoms with Gasteiger partial charge in [-0.3, -0.25) is 9.78 Å². The molecular weight excluding hydrogens is 352 g/mol. The number of anilines is 1. The number of hydrogen-bond acceptors (Lipinski definition) is 5. The van der Waals surface area contributed by atoms with Crippen LogP contribution in [-0.2, 0) is 5.41 Å². The molecule has 0 radical (unpaired) electrons. The Morgan fingerprint density at radius 2 is 1.96 bits per heavy atom. The van der Waals surface area contributed by atoms with Gasteiger partial charge in [0.05, 0.1) is 24.1 Å². The Kier molecular flexibility index (Phi) is 4.11. The molecule has 1 aliphatic heterocycles. The van der Waals surface area contributed by atoms with Crippen LogP contribution in [0.3, 0.4) is 0 Å². The van der Waals surface area contributed by atoms with E-state index in [1.54, 1.807) is 6.07 Å². The smallest absolute Gasteiger partial charge is 0.290 e. The summed E-state index contributed by atoms with van der Waals surface area (Å²) >= 11 is 0. The molecule has 6 heteroatoms. The van der Waals surface area contributed by atoms with Crippen LogP contribution >= 0.6 is 0 Å². The van der Waals surface area contributed by atoms with Crippen molar-refractivity contribution in [1.29, 1.82) is 0 Å². The van der Waals surface area contributed by atoms with E-state index in [1.165, 1.54) is 23.0 Å². The third-order valence-electron chi connectivity index (χ3n) is 6.20. The van der Waals surface area contributed by atoms with Crippen LogP contribution in [0.2, 0.25) is 0 Å². The molecule has 1 atom stereocenters. The molecule has 142 valence electrons. The summed E-state index contributed by atoms with van der Waals surface area (Å²) in [7, 11) is 0. The fourth-order valence-electron chi connectivity index (χ4n) is 4.79. The number of hydrogen-bond donors (Lipinski definition) is 1. The van der Waals surface area contributed by atoms with Crippen molar-refractivity contribution in [3.8, 4) is 0 Å². The van der Waals surface area contributed by atoms with Crippen LogP contribution in [0.1, 0.15) is 47.0 Å². The van der Waals surface area contributed by atoms with Crippen molar-refractivity contribution in [3.05, 3.63) is 77.9 Å². The minimum absolute atomic E-state index is 0.00116. The Balaban J connectivity index is 1.37. The van der Waals surface area contributed by atoms with Gasteiger partial charge in [0.25, 0.3) is 5.91 Å². The third-order valence-corrected chi connectivity index (χ3v) is 6.20. The Morgan fingerprint density at radius 3 is 2.71 bits per heavy atom. The summed E-state index contributed by atoms with van der Waals surface area (Å²) < 4.78 is 5.02. The summed E-state index contributed by atoms with van der Waals surface area (Å²) in [6.45, 7) is 1.98. The highest BCUT2D eigenvalue weighted by atomic mass is 16.5. The van der Waals surface area contributed by atoms with Crippen LogP contribution in [-0.4, -0.2) is 29.1 Å². The second kappa shape index (κ2) is 6.78. The van der Waals surface area contributed by atoms with Gasteiger partial charge in [-0.2, -0.15) is 0 Å². The molecule has 5 rings (SSSR count). The van der Waals surface area contributed by atoms with Gasteiger partial charge in [0.15, 0.2) is 0 Å². The maximum Gasteiger partial charge on any atom is 0.290 e. The molecule has 28 heavy (non-hydrogen) atoms. The first-order valence-electron chi connectivity index (χ1n) is 9.71. The fourth-order valence-corrected chi connectivity index (χ4v) is 4.79. The SMILES string of the molecule is O=C(NC1CC2(CCN(c3cccnc3)CC2)c2ccccc21)c1ccno1. The van der Waals surface area contributed by atoms with Gasteiger partial charge in [-0.25, -0.2) is 0 Å². The van der Waals surface area contributed by atoms with Crippen LogP contribution in [0.5, 0.6) is 0 Å². The van der Waals surface area contributed by atoms with Crippen molar-refractivity contribution in [1.82, 2.24) is 15.5 Å². The molecule has 6 nitrogen and oxygen atoms in total. The number of benzene rings is 1. The first-order valence-corrected chi connectivity index (χ1v) is 9.71. The Bertz CT molecular complexity index is 963. The summed E-state index contributed by atoms with van der Waals surface area (Å²) in [5, 5.41) is 6.79. The van der Waals surface area contributed by atoms with Crippen molar-refractivity contribution < 1.29 is 9.32 Å². The number of nitrogens with zero attached hydrogens (tertiary/aromatic N) is 3. The molecule has 1 fully saturated rings. The topological polar surface area (TPSA) is 71.3 Å². The van der Waals surface area contributed by atoms with Crippen molar-refractivity contribution in [3.63, 3.8) is 0 Å². The van der Waals surface area contributed by atoms with Gasteiger partial charge in [0, 0.05) is 30.8 Å². The maximum absolute atomic E-state index is 12.5. The largest absolute Gasteiger partial charge is 0.370 e. The van der Waals surface area contributed by atoms with Crippen LogP contribution in [0.25, 0.3) is 0 Å². The van der Waals surface area contributed by atoms with Crippen LogP contribution in [0.15, 0.2) is 65.6 Å². The summed E-state index contributed by atoms with van der Waals surface area (Å²) in [5.41, 5.74) is 3.89. The van der Waals surface area contributed by atoms with E-state index in [0.29, 0.717) is 0 Å². The van der Waals surface area contributed by atoms with Crippen molar-refractivity contribution in [2.45, 2.75) is 30.7 Å². The quantitative estimate of drug-likeness (QED) is 0.760. The second-order valence-electron chi connectivity index (χ2n) is 7.67. The lowest BCUT2D eigenvalue weighted by Crippen LogP contribution is -2.42. The number of amides is 1. The zero-order valence-corrected chi connectivity index (χ0v) is 15.5. The lowest BCUT2D eigenvalue weighted by Gasteiger charge is -2.41. The first-order chi connectivity index (χ1) is 13.8. The van der Waals surface area contributed by atoms with E-state index in [4.69, 9.17) is 4.52 Å². The Labute approximate surface area is 163 Å². The molecule has 2 aromatic heterocycles. The number of carbonyl (C=O) groups excluding carboxylic acids is 1. The van der Waals surface area contributed by atoms with Crippen LogP contribution in [0.4, 0.5) is 5.69 Å². The van der Waals surface area contributed by atoms with Crippen molar-refractivity contribution in [2.24, 2.45) is 0 Å². The van der Waals surface area contributed by atoms with E-state index in [0.717, 1.165) is 32.4 Å². The zero-order chi connectivity index (χ0) is 19.0. The maximum atomic E-state index is 12.5. The second-order valence-corrected chi connectivity index (χ2v) is 7.67. The summed E-state index contributed by atoms with van der Waals surface area (Å²) in [6, 6.07) is 14.2. The van der Waals surface area contributed by atoms with Gasteiger partial charge in [-0.1, -0.05) is 29.4 Å². The highest BCUT2D eigenvalue weighted by molar-refractivity contribution is 5.91. The molecule has 1 amide bonds. The fraction of sp³-hybridized carbons (Fsp3) is 0.318. The summed E-state index contributed by atoms with van der Waals surface area (Å²) in [5.74, 6) is 0.0481. The lowest BCUT2D eigenvalue weighted by atomic mass is 9.73. The molecule has 0 bridgehead atoms. The lowest BCUT2D eigenvalue weighted by molar-refractivity contribution is 0.0894. The van der Waals surface area contributed by atoms with Gasteiger partial charge < -0.3 is 14.7 Å². The van der Waals surface area contributed by atoms with Gasteiger partial charge in [-0.05, 0) is 42.5 Å². The van der Waals surface area contributed by atoms with E-state index in [2.05, 4.69) is 50.7 Å². The predicted octanol–water partition coefficient (Wildman–Crippen LogP) is 3.48. The van der Waals surface area contributed by atoms with Gasteiger partial charge >= 0.3 is 0 Å². The average molecular weight is 374 g/mol. The molecule has 1 spiro atoms. The molecule has 1 N–H and O–H groups in total. The molecule has 1 unspecified atom stereocenters. The normalized spacial score (nSPS) is 20.1. The van der Waals surface area contributed by atoms with E-state index < -0.39 is 0 Å². The minimum Gasteiger partial charge on any atom is -0.370 e. The molecule has 0 saturated carbocycles. The van der Waals surface area contributed by atoms with Crippen LogP contribution < -0.4 is 10.2 Å². The molecule has 1 aliphatic carbocycles. The number of rotatable bonds is 3. The van der Waals surface area contributed by atoms with Gasteiger partial charge in [-0.15, -0.1) is 0 Å². The van der Waals surface area contributed by atoms with Crippen molar-refractivity contribution in [2.75, 3.05) is 18.0 Å². The van der Waals surface area contributed by atoms with E-state index in [1.807, 2.05) is 18.5 Å². The van der Waals surface area contributed by atoms with Crippen molar-refractivity contribution >= 4 is 11.6 Å². The molecular formula is C22H22N4O2. The molecule has 2 aliphatic rings. The number of fused-ring (bicyclic) bond motifs is 2. The zero-order valence-electron chi connectivity index (χ0n) is 15.5. The highest BCUT2D eigenvalue weighted by Crippen LogP contribution is 2.51. The minimum atomic E-state index is -0.206. The standard InChI is InChI=1S/C22H22N4O2/c27-21(20-7-11-24-28-20)25-19-14-22(18-6-2-1-5-17(18)19)8-12-26(13-9-22)16-4-3-10-23-15-16/h1-7,10-11,15,19H,8-9,12-14H2,(H,25,27). The molecule has 3 aromatic rings.